The van der Waals surface area contributed by atoms with E-state index in [-0.39, 0.29) is 11.7 Å². The number of nitrogens with zero attached hydrogens (tertiary/aromatic N) is 2. The molecule has 1 aromatic heterocycles. The van der Waals surface area contributed by atoms with Crippen molar-refractivity contribution in [1.29, 1.82) is 0 Å². The third kappa shape index (κ3) is 3.50. The van der Waals surface area contributed by atoms with Crippen LogP contribution in [0.25, 0.3) is 10.9 Å². The maximum absolute atomic E-state index is 14.0. The fourth-order valence-electron chi connectivity index (χ4n) is 3.54. The minimum atomic E-state index is -0.374. The number of fused-ring (bicyclic) bond motifs is 1. The molecule has 28 heavy (non-hydrogen) atoms. The van der Waals surface area contributed by atoms with Crippen LogP contribution in [0.15, 0.2) is 48.7 Å². The number of pyridine rings is 1. The summed E-state index contributed by atoms with van der Waals surface area (Å²) in [6.07, 6.45) is 3.57. The summed E-state index contributed by atoms with van der Waals surface area (Å²) in [7, 11) is 0. The van der Waals surface area contributed by atoms with Crippen molar-refractivity contribution in [2.75, 3.05) is 25.0 Å². The van der Waals surface area contributed by atoms with Gasteiger partial charge in [-0.1, -0.05) is 12.1 Å². The molecule has 4 rings (SSSR count). The summed E-state index contributed by atoms with van der Waals surface area (Å²) in [6, 6.07) is 11.9. The molecule has 1 aliphatic rings. The van der Waals surface area contributed by atoms with Crippen LogP contribution in [0, 0.1) is 5.82 Å². The van der Waals surface area contributed by atoms with Gasteiger partial charge in [-0.25, -0.2) is 4.39 Å². The number of aromatic nitrogens is 1. The second-order valence-corrected chi connectivity index (χ2v) is 6.76. The average molecular weight is 379 g/mol. The van der Waals surface area contributed by atoms with Crippen LogP contribution in [0.4, 0.5) is 15.8 Å². The van der Waals surface area contributed by atoms with Gasteiger partial charge in [0, 0.05) is 24.7 Å². The number of benzene rings is 2. The molecule has 1 saturated heterocycles. The number of rotatable bonds is 5. The molecule has 6 heteroatoms. The van der Waals surface area contributed by atoms with Crippen molar-refractivity contribution in [1.82, 2.24) is 9.88 Å². The summed E-state index contributed by atoms with van der Waals surface area (Å²) in [5.74, 6) is 0.208. The summed E-state index contributed by atoms with van der Waals surface area (Å²) in [6.45, 7) is 3.89. The van der Waals surface area contributed by atoms with Gasteiger partial charge in [0.2, 0.25) is 0 Å². The Bertz CT molecular complexity index is 1020. The molecule has 0 unspecified atom stereocenters. The normalized spacial score (nSPS) is 13.7. The van der Waals surface area contributed by atoms with Crippen LogP contribution >= 0.6 is 0 Å². The van der Waals surface area contributed by atoms with Crippen LogP contribution in [0.3, 0.4) is 0 Å². The summed E-state index contributed by atoms with van der Waals surface area (Å²) in [5, 5.41) is 3.89. The molecular formula is C22H22FN3O2. The molecule has 0 atom stereocenters. The monoisotopic (exact) mass is 379 g/mol. The van der Waals surface area contributed by atoms with Gasteiger partial charge in [-0.2, -0.15) is 0 Å². The van der Waals surface area contributed by atoms with Gasteiger partial charge in [0.15, 0.2) is 0 Å². The number of hydrogen-bond acceptors (Lipinski definition) is 4. The number of amides is 1. The first-order valence-corrected chi connectivity index (χ1v) is 9.53. The molecule has 0 saturated carbocycles. The number of para-hydroxylation sites is 2. The molecule has 1 fully saturated rings. The maximum atomic E-state index is 14.0. The minimum absolute atomic E-state index is 0.0902. The number of hydrogen-bond donors (Lipinski definition) is 1. The number of ether oxygens (including phenoxy) is 1. The van der Waals surface area contributed by atoms with E-state index in [0.717, 1.165) is 31.6 Å². The molecule has 2 heterocycles. The van der Waals surface area contributed by atoms with Crippen LogP contribution in [0.5, 0.6) is 5.75 Å². The van der Waals surface area contributed by atoms with Gasteiger partial charge in [0.1, 0.15) is 11.6 Å². The van der Waals surface area contributed by atoms with E-state index < -0.39 is 0 Å². The molecular weight excluding hydrogens is 357 g/mol. The quantitative estimate of drug-likeness (QED) is 0.695. The predicted octanol–water partition coefficient (Wildman–Crippen LogP) is 4.75. The van der Waals surface area contributed by atoms with Gasteiger partial charge >= 0.3 is 0 Å². The van der Waals surface area contributed by atoms with E-state index in [2.05, 4.69) is 10.3 Å². The lowest BCUT2D eigenvalue weighted by molar-refractivity contribution is 0.0793. The Hall–Kier alpha value is -3.15. The van der Waals surface area contributed by atoms with Crippen molar-refractivity contribution in [2.45, 2.75) is 19.8 Å². The van der Waals surface area contributed by atoms with E-state index in [0.29, 0.717) is 34.5 Å². The van der Waals surface area contributed by atoms with Crippen LogP contribution in [-0.2, 0) is 0 Å². The van der Waals surface area contributed by atoms with Crippen LogP contribution in [0.1, 0.15) is 30.1 Å². The van der Waals surface area contributed by atoms with E-state index in [1.165, 1.54) is 12.1 Å². The second kappa shape index (κ2) is 7.84. The number of carbonyl (C=O) groups excluding carboxylic acids is 1. The first-order valence-electron chi connectivity index (χ1n) is 9.53. The summed E-state index contributed by atoms with van der Waals surface area (Å²) in [4.78, 5) is 19.3. The molecule has 1 N–H and O–H groups in total. The standard InChI is InChI=1S/C22H22FN3O2/c1-2-28-20-8-4-3-7-19(20)25-21-16-13-15(23)9-10-18(16)24-14-17(21)22(27)26-11-5-6-12-26/h3-4,7-10,13-14H,2,5-6,11-12H2,1H3,(H,24,25). The van der Waals surface area contributed by atoms with Gasteiger partial charge < -0.3 is 15.0 Å². The Kier molecular flexibility index (Phi) is 5.10. The Labute approximate surface area is 163 Å². The van der Waals surface area contributed by atoms with E-state index >= 15 is 0 Å². The van der Waals surface area contributed by atoms with Crippen molar-refractivity contribution in [3.8, 4) is 5.75 Å². The Morgan fingerprint density at radius 1 is 1.21 bits per heavy atom. The first kappa shape index (κ1) is 18.2. The zero-order chi connectivity index (χ0) is 19.5. The van der Waals surface area contributed by atoms with Crippen LogP contribution < -0.4 is 10.1 Å². The third-order valence-corrected chi connectivity index (χ3v) is 4.90. The smallest absolute Gasteiger partial charge is 0.257 e. The van der Waals surface area contributed by atoms with E-state index in [1.807, 2.05) is 36.1 Å². The molecule has 144 valence electrons. The lowest BCUT2D eigenvalue weighted by Gasteiger charge is -2.20. The Morgan fingerprint density at radius 2 is 2.00 bits per heavy atom. The molecule has 5 nitrogen and oxygen atoms in total. The van der Waals surface area contributed by atoms with Crippen molar-refractivity contribution < 1.29 is 13.9 Å². The Morgan fingerprint density at radius 3 is 2.79 bits per heavy atom. The van der Waals surface area contributed by atoms with Gasteiger partial charge in [0.25, 0.3) is 5.91 Å². The molecule has 0 aliphatic carbocycles. The highest BCUT2D eigenvalue weighted by Crippen LogP contribution is 2.34. The topological polar surface area (TPSA) is 54.5 Å². The van der Waals surface area contributed by atoms with Gasteiger partial charge in [0.05, 0.1) is 29.1 Å². The minimum Gasteiger partial charge on any atom is -0.492 e. The first-order chi connectivity index (χ1) is 13.7. The Balaban J connectivity index is 1.85. The van der Waals surface area contributed by atoms with E-state index in [9.17, 15) is 9.18 Å². The average Bonchev–Trinajstić information content (AvgIpc) is 3.24. The maximum Gasteiger partial charge on any atom is 0.257 e. The summed E-state index contributed by atoms with van der Waals surface area (Å²) >= 11 is 0. The molecule has 0 bridgehead atoms. The van der Waals surface area contributed by atoms with Crippen molar-refractivity contribution in [2.24, 2.45) is 0 Å². The zero-order valence-electron chi connectivity index (χ0n) is 15.7. The second-order valence-electron chi connectivity index (χ2n) is 6.76. The number of carbonyl (C=O) groups is 1. The highest BCUT2D eigenvalue weighted by molar-refractivity contribution is 6.08. The molecule has 0 radical (unpaired) electrons. The molecule has 1 aliphatic heterocycles. The number of halogens is 1. The van der Waals surface area contributed by atoms with Crippen LogP contribution in [0.2, 0.25) is 0 Å². The summed E-state index contributed by atoms with van der Waals surface area (Å²) < 4.78 is 19.7. The van der Waals surface area contributed by atoms with E-state index in [1.54, 1.807) is 12.3 Å². The lowest BCUT2D eigenvalue weighted by Crippen LogP contribution is -2.28. The summed E-state index contributed by atoms with van der Waals surface area (Å²) in [5.41, 5.74) is 2.33. The van der Waals surface area contributed by atoms with Crippen molar-refractivity contribution in [3.05, 3.63) is 60.0 Å². The van der Waals surface area contributed by atoms with Crippen molar-refractivity contribution >= 4 is 28.2 Å². The highest BCUT2D eigenvalue weighted by atomic mass is 19.1. The molecule has 2 aromatic carbocycles. The third-order valence-electron chi connectivity index (χ3n) is 4.90. The fourth-order valence-corrected chi connectivity index (χ4v) is 3.54. The number of likely N-dealkylation sites (tertiary alicyclic amines) is 1. The molecule has 0 spiro atoms. The lowest BCUT2D eigenvalue weighted by atomic mass is 10.1. The van der Waals surface area contributed by atoms with E-state index in [4.69, 9.17) is 4.74 Å². The van der Waals surface area contributed by atoms with Gasteiger partial charge in [-0.3, -0.25) is 9.78 Å². The van der Waals surface area contributed by atoms with Gasteiger partial charge in [-0.15, -0.1) is 0 Å². The molecule has 3 aromatic rings. The van der Waals surface area contributed by atoms with Gasteiger partial charge in [-0.05, 0) is 50.1 Å². The SMILES string of the molecule is CCOc1ccccc1Nc1c(C(=O)N2CCCC2)cnc2ccc(F)cc12. The fraction of sp³-hybridized carbons (Fsp3) is 0.273. The largest absolute Gasteiger partial charge is 0.492 e. The van der Waals surface area contributed by atoms with Crippen LogP contribution in [-0.4, -0.2) is 35.5 Å². The number of nitrogens with one attached hydrogen (secondary N) is 1. The zero-order valence-corrected chi connectivity index (χ0v) is 15.7. The number of anilines is 2. The predicted molar refractivity (Wildman–Crippen MR) is 108 cm³/mol. The molecule has 1 amide bonds. The van der Waals surface area contributed by atoms with Crippen molar-refractivity contribution in [3.63, 3.8) is 0 Å². The highest BCUT2D eigenvalue weighted by Gasteiger charge is 2.24.